The molecule has 0 aromatic rings. The second-order valence-electron chi connectivity index (χ2n) is 7.12. The van der Waals surface area contributed by atoms with E-state index in [9.17, 15) is 13.2 Å². The average molecular weight is 308 g/mol. The molecule has 0 amide bonds. The van der Waals surface area contributed by atoms with Crippen LogP contribution in [0, 0.1) is 11.3 Å². The van der Waals surface area contributed by atoms with Crippen LogP contribution in [-0.2, 0) is 14.2 Å². The fourth-order valence-corrected chi connectivity index (χ4v) is 3.64. The van der Waals surface area contributed by atoms with Gasteiger partial charge in [0.1, 0.15) is 5.60 Å². The van der Waals surface area contributed by atoms with Crippen molar-refractivity contribution in [1.82, 2.24) is 0 Å². The first-order chi connectivity index (χ1) is 9.79. The van der Waals surface area contributed by atoms with E-state index in [0.29, 0.717) is 44.8 Å². The summed E-state index contributed by atoms with van der Waals surface area (Å²) in [7, 11) is 0. The smallest absolute Gasteiger partial charge is 0.286 e. The van der Waals surface area contributed by atoms with Gasteiger partial charge in [0.25, 0.3) is 5.92 Å². The zero-order valence-corrected chi connectivity index (χ0v) is 12.5. The van der Waals surface area contributed by atoms with Gasteiger partial charge < -0.3 is 14.2 Å². The second-order valence-corrected chi connectivity index (χ2v) is 7.12. The molecule has 3 saturated carbocycles. The Labute approximate surface area is 123 Å². The third-order valence-electron chi connectivity index (χ3n) is 5.42. The highest BCUT2D eigenvalue weighted by Crippen LogP contribution is 2.62. The number of alkyl halides is 3. The number of fused-ring (bicyclic) bond motifs is 3. The highest BCUT2D eigenvalue weighted by atomic mass is 19.3. The summed E-state index contributed by atoms with van der Waals surface area (Å²) in [4.78, 5) is 0. The molecule has 3 aliphatic carbocycles. The van der Waals surface area contributed by atoms with Crippen molar-refractivity contribution in [3.05, 3.63) is 0 Å². The summed E-state index contributed by atoms with van der Waals surface area (Å²) in [6.07, 6.45) is -1.56. The molecule has 2 bridgehead atoms. The topological polar surface area (TPSA) is 27.7 Å². The van der Waals surface area contributed by atoms with E-state index in [0.717, 1.165) is 0 Å². The monoisotopic (exact) mass is 308 g/mol. The number of hydrogen-bond donors (Lipinski definition) is 0. The fraction of sp³-hybridized carbons (Fsp3) is 1.00. The van der Waals surface area contributed by atoms with Crippen LogP contribution in [0.2, 0.25) is 0 Å². The Morgan fingerprint density at radius 2 is 1.67 bits per heavy atom. The molecule has 4 aliphatic rings. The SMILES string of the molecule is CC1COC(COC23CCC(C)(CC2)C(F)(F)C3F)OC1. The maximum Gasteiger partial charge on any atom is 0.286 e. The lowest BCUT2D eigenvalue weighted by Gasteiger charge is -2.57. The molecule has 1 aliphatic heterocycles. The van der Waals surface area contributed by atoms with Crippen molar-refractivity contribution in [1.29, 1.82) is 0 Å². The molecule has 3 nitrogen and oxygen atoms in total. The van der Waals surface area contributed by atoms with Gasteiger partial charge in [0.2, 0.25) is 0 Å². The Balaban J connectivity index is 1.65. The van der Waals surface area contributed by atoms with Crippen molar-refractivity contribution in [2.24, 2.45) is 11.3 Å². The molecular formula is C15H23F3O3. The van der Waals surface area contributed by atoms with Gasteiger partial charge in [-0.2, -0.15) is 0 Å². The van der Waals surface area contributed by atoms with Crippen LogP contribution in [-0.4, -0.2) is 43.8 Å². The molecule has 4 rings (SSSR count). The molecule has 1 atom stereocenters. The number of halogens is 3. The number of ether oxygens (including phenoxy) is 3. The van der Waals surface area contributed by atoms with Gasteiger partial charge in [0, 0.05) is 11.3 Å². The van der Waals surface area contributed by atoms with Crippen LogP contribution < -0.4 is 0 Å². The lowest BCUT2D eigenvalue weighted by atomic mass is 9.56. The molecule has 0 N–H and O–H groups in total. The van der Waals surface area contributed by atoms with E-state index in [-0.39, 0.29) is 6.61 Å². The second kappa shape index (κ2) is 5.10. The quantitative estimate of drug-likeness (QED) is 0.800. The van der Waals surface area contributed by atoms with Crippen LogP contribution in [0.15, 0.2) is 0 Å². The molecule has 0 spiro atoms. The van der Waals surface area contributed by atoms with Crippen LogP contribution >= 0.6 is 0 Å². The predicted octanol–water partition coefficient (Wildman–Crippen LogP) is 3.32. The molecule has 1 heterocycles. The van der Waals surface area contributed by atoms with Crippen LogP contribution in [0.4, 0.5) is 13.2 Å². The van der Waals surface area contributed by atoms with Crippen molar-refractivity contribution >= 4 is 0 Å². The molecule has 21 heavy (non-hydrogen) atoms. The van der Waals surface area contributed by atoms with Gasteiger partial charge in [0.15, 0.2) is 12.5 Å². The largest absolute Gasteiger partial charge is 0.366 e. The molecule has 4 fully saturated rings. The Morgan fingerprint density at radius 1 is 1.10 bits per heavy atom. The van der Waals surface area contributed by atoms with Gasteiger partial charge >= 0.3 is 0 Å². The maximum atomic E-state index is 14.4. The van der Waals surface area contributed by atoms with Gasteiger partial charge in [-0.25, -0.2) is 13.2 Å². The van der Waals surface area contributed by atoms with E-state index >= 15 is 0 Å². The first-order valence-corrected chi connectivity index (χ1v) is 7.68. The van der Waals surface area contributed by atoms with Crippen molar-refractivity contribution in [2.75, 3.05) is 19.8 Å². The average Bonchev–Trinajstić information content (AvgIpc) is 2.46. The van der Waals surface area contributed by atoms with E-state index in [4.69, 9.17) is 14.2 Å². The number of rotatable bonds is 3. The molecule has 1 unspecified atom stereocenters. The first kappa shape index (κ1) is 15.6. The summed E-state index contributed by atoms with van der Waals surface area (Å²) in [5.41, 5.74) is -2.61. The Morgan fingerprint density at radius 3 is 2.24 bits per heavy atom. The van der Waals surface area contributed by atoms with Crippen LogP contribution in [0.3, 0.4) is 0 Å². The highest BCUT2D eigenvalue weighted by molar-refractivity contribution is 5.14. The molecule has 0 radical (unpaired) electrons. The molecule has 0 aromatic heterocycles. The fourth-order valence-electron chi connectivity index (χ4n) is 3.64. The summed E-state index contributed by atoms with van der Waals surface area (Å²) >= 11 is 0. The zero-order valence-electron chi connectivity index (χ0n) is 12.5. The molecule has 122 valence electrons. The van der Waals surface area contributed by atoms with Crippen molar-refractivity contribution in [3.8, 4) is 0 Å². The summed E-state index contributed by atoms with van der Waals surface area (Å²) in [5, 5.41) is 0. The van der Waals surface area contributed by atoms with Crippen LogP contribution in [0.25, 0.3) is 0 Å². The predicted molar refractivity (Wildman–Crippen MR) is 70.0 cm³/mol. The highest BCUT2D eigenvalue weighted by Gasteiger charge is 2.70. The summed E-state index contributed by atoms with van der Waals surface area (Å²) < 4.78 is 59.3. The molecular weight excluding hydrogens is 285 g/mol. The van der Waals surface area contributed by atoms with Gasteiger partial charge in [-0.15, -0.1) is 0 Å². The standard InChI is InChI=1S/C15H23F3O3/c1-10-7-19-11(20-8-10)9-21-14-5-3-13(2,4-6-14)15(17,18)12(14)16/h10-12H,3-9H2,1-2H3. The van der Waals surface area contributed by atoms with E-state index in [2.05, 4.69) is 0 Å². The minimum atomic E-state index is -3.33. The lowest BCUT2D eigenvalue weighted by Crippen LogP contribution is -2.67. The Bertz CT molecular complexity index is 386. The maximum absolute atomic E-state index is 14.4. The van der Waals surface area contributed by atoms with Gasteiger partial charge in [-0.3, -0.25) is 0 Å². The minimum absolute atomic E-state index is 0.0138. The zero-order chi connectivity index (χ0) is 15.3. The molecule has 1 saturated heterocycles. The van der Waals surface area contributed by atoms with Gasteiger partial charge in [-0.05, 0) is 25.7 Å². The molecule has 6 heteroatoms. The Kier molecular flexibility index (Phi) is 3.78. The van der Waals surface area contributed by atoms with Gasteiger partial charge in [0.05, 0.1) is 19.8 Å². The summed E-state index contributed by atoms with van der Waals surface area (Å²) in [6, 6.07) is 0. The third-order valence-corrected chi connectivity index (χ3v) is 5.42. The van der Waals surface area contributed by atoms with Crippen molar-refractivity contribution in [2.45, 2.75) is 63.5 Å². The van der Waals surface area contributed by atoms with Gasteiger partial charge in [-0.1, -0.05) is 13.8 Å². The van der Waals surface area contributed by atoms with Crippen LogP contribution in [0.1, 0.15) is 39.5 Å². The van der Waals surface area contributed by atoms with E-state index < -0.39 is 29.4 Å². The summed E-state index contributed by atoms with van der Waals surface area (Å²) in [5.74, 6) is -3.02. The minimum Gasteiger partial charge on any atom is -0.366 e. The van der Waals surface area contributed by atoms with E-state index in [1.54, 1.807) is 0 Å². The van der Waals surface area contributed by atoms with Crippen LogP contribution in [0.5, 0.6) is 0 Å². The molecule has 0 aromatic carbocycles. The Hall–Kier alpha value is -0.330. The lowest BCUT2D eigenvalue weighted by molar-refractivity contribution is -0.313. The van der Waals surface area contributed by atoms with E-state index in [1.807, 2.05) is 6.92 Å². The normalized spacial score (nSPS) is 49.3. The number of hydrogen-bond acceptors (Lipinski definition) is 3. The third kappa shape index (κ3) is 2.39. The van der Waals surface area contributed by atoms with Crippen molar-refractivity contribution < 1.29 is 27.4 Å². The van der Waals surface area contributed by atoms with E-state index in [1.165, 1.54) is 6.92 Å². The summed E-state index contributed by atoms with van der Waals surface area (Å²) in [6.45, 7) is 4.59. The first-order valence-electron chi connectivity index (χ1n) is 7.68. The van der Waals surface area contributed by atoms with Crippen molar-refractivity contribution in [3.63, 3.8) is 0 Å².